The van der Waals surface area contributed by atoms with E-state index in [1.54, 1.807) is 0 Å². The van der Waals surface area contributed by atoms with Gasteiger partial charge in [-0.05, 0) is 42.9 Å². The predicted octanol–water partition coefficient (Wildman–Crippen LogP) is 3.35. The summed E-state index contributed by atoms with van der Waals surface area (Å²) in [6.45, 7) is 2.16. The van der Waals surface area contributed by atoms with E-state index in [9.17, 15) is 4.79 Å². The highest BCUT2D eigenvalue weighted by Gasteiger charge is 2.32. The molecule has 0 bridgehead atoms. The van der Waals surface area contributed by atoms with Gasteiger partial charge in [0.25, 0.3) is 0 Å². The second-order valence-corrected chi connectivity index (χ2v) is 6.00. The summed E-state index contributed by atoms with van der Waals surface area (Å²) >= 11 is 0. The SMILES string of the molecule is COC(=O)CC1=C2C=NN(C3=CC=CC(C)C=C3)C2CCC1. The highest BCUT2D eigenvalue weighted by Crippen LogP contribution is 2.35. The molecule has 0 saturated carbocycles. The Morgan fingerprint density at radius 1 is 1.45 bits per heavy atom. The summed E-state index contributed by atoms with van der Waals surface area (Å²) < 4.78 is 4.81. The van der Waals surface area contributed by atoms with Gasteiger partial charge in [0.2, 0.25) is 0 Å². The van der Waals surface area contributed by atoms with Crippen LogP contribution in [0.5, 0.6) is 0 Å². The lowest BCUT2D eigenvalue weighted by Gasteiger charge is -2.29. The zero-order valence-electron chi connectivity index (χ0n) is 13.2. The number of fused-ring (bicyclic) bond motifs is 1. The van der Waals surface area contributed by atoms with Crippen LogP contribution in [0.1, 0.15) is 32.6 Å². The molecular weight excluding hydrogens is 276 g/mol. The first-order valence-corrected chi connectivity index (χ1v) is 7.87. The van der Waals surface area contributed by atoms with Crippen molar-refractivity contribution in [3.05, 3.63) is 47.2 Å². The molecule has 4 nitrogen and oxygen atoms in total. The van der Waals surface area contributed by atoms with Gasteiger partial charge in [0.05, 0.1) is 31.5 Å². The van der Waals surface area contributed by atoms with E-state index in [4.69, 9.17) is 4.74 Å². The van der Waals surface area contributed by atoms with Crippen LogP contribution in [-0.4, -0.2) is 30.3 Å². The smallest absolute Gasteiger partial charge is 0.309 e. The average molecular weight is 298 g/mol. The highest BCUT2D eigenvalue weighted by atomic mass is 16.5. The quantitative estimate of drug-likeness (QED) is 0.750. The molecule has 0 N–H and O–H groups in total. The number of rotatable bonds is 3. The molecule has 0 amide bonds. The van der Waals surface area contributed by atoms with E-state index in [-0.39, 0.29) is 12.0 Å². The standard InChI is InChI=1S/C18H22N2O2/c1-13-5-3-7-15(10-9-13)20-17-8-4-6-14(11-18(21)22-2)16(17)12-19-20/h3,5,7,9-10,12-13,17H,4,6,8,11H2,1-2H3. The van der Waals surface area contributed by atoms with Crippen LogP contribution >= 0.6 is 0 Å². The van der Waals surface area contributed by atoms with Crippen LogP contribution in [0.4, 0.5) is 0 Å². The van der Waals surface area contributed by atoms with Crippen LogP contribution in [0.25, 0.3) is 0 Å². The fourth-order valence-corrected chi connectivity index (χ4v) is 3.22. The first kappa shape index (κ1) is 14.8. The molecule has 0 fully saturated rings. The molecule has 0 aromatic heterocycles. The fraction of sp³-hybridized carbons (Fsp3) is 0.444. The van der Waals surface area contributed by atoms with E-state index < -0.39 is 0 Å². The van der Waals surface area contributed by atoms with Crippen molar-refractivity contribution in [3.8, 4) is 0 Å². The molecule has 2 unspecified atom stereocenters. The lowest BCUT2D eigenvalue weighted by molar-refractivity contribution is -0.139. The van der Waals surface area contributed by atoms with Gasteiger partial charge >= 0.3 is 5.97 Å². The van der Waals surface area contributed by atoms with E-state index in [1.165, 1.54) is 18.3 Å². The Kier molecular flexibility index (Phi) is 4.27. The van der Waals surface area contributed by atoms with Gasteiger partial charge in [-0.3, -0.25) is 9.80 Å². The number of ether oxygens (including phenoxy) is 1. The molecule has 116 valence electrons. The fourth-order valence-electron chi connectivity index (χ4n) is 3.22. The summed E-state index contributed by atoms with van der Waals surface area (Å²) in [4.78, 5) is 11.6. The minimum absolute atomic E-state index is 0.166. The van der Waals surface area contributed by atoms with Crippen molar-refractivity contribution < 1.29 is 9.53 Å². The Labute approximate surface area is 131 Å². The number of nitrogens with zero attached hydrogens (tertiary/aromatic N) is 2. The van der Waals surface area contributed by atoms with E-state index in [0.717, 1.165) is 25.0 Å². The number of hydrogen-bond acceptors (Lipinski definition) is 4. The summed E-state index contributed by atoms with van der Waals surface area (Å²) in [5, 5.41) is 6.69. The first-order valence-electron chi connectivity index (χ1n) is 7.87. The number of esters is 1. The van der Waals surface area contributed by atoms with Gasteiger partial charge in [-0.15, -0.1) is 0 Å². The topological polar surface area (TPSA) is 41.9 Å². The van der Waals surface area contributed by atoms with E-state index in [1.807, 2.05) is 6.21 Å². The van der Waals surface area contributed by atoms with Crippen molar-refractivity contribution in [2.24, 2.45) is 11.0 Å². The van der Waals surface area contributed by atoms with Crippen LogP contribution in [0.2, 0.25) is 0 Å². The molecule has 0 aromatic rings. The Morgan fingerprint density at radius 3 is 3.14 bits per heavy atom. The summed E-state index contributed by atoms with van der Waals surface area (Å²) in [5.74, 6) is 0.275. The van der Waals surface area contributed by atoms with Crippen LogP contribution in [0.15, 0.2) is 52.3 Å². The third-order valence-corrected chi connectivity index (χ3v) is 4.44. The van der Waals surface area contributed by atoms with Crippen LogP contribution in [0.3, 0.4) is 0 Å². The molecule has 22 heavy (non-hydrogen) atoms. The Morgan fingerprint density at radius 2 is 2.32 bits per heavy atom. The number of carbonyl (C=O) groups is 1. The van der Waals surface area contributed by atoms with Crippen LogP contribution in [0, 0.1) is 5.92 Å². The highest BCUT2D eigenvalue weighted by molar-refractivity contribution is 5.86. The maximum atomic E-state index is 11.6. The van der Waals surface area contributed by atoms with Gasteiger partial charge < -0.3 is 4.74 Å². The predicted molar refractivity (Wildman–Crippen MR) is 87.2 cm³/mol. The zero-order valence-corrected chi connectivity index (χ0v) is 13.2. The van der Waals surface area contributed by atoms with Gasteiger partial charge in [-0.1, -0.05) is 30.7 Å². The largest absolute Gasteiger partial charge is 0.469 e. The van der Waals surface area contributed by atoms with Gasteiger partial charge in [0.1, 0.15) is 0 Å². The second-order valence-electron chi connectivity index (χ2n) is 6.00. The van der Waals surface area contributed by atoms with Crippen LogP contribution < -0.4 is 0 Å². The molecule has 0 saturated heterocycles. The maximum Gasteiger partial charge on any atom is 0.309 e. The van der Waals surface area contributed by atoms with Crippen molar-refractivity contribution in [2.75, 3.05) is 7.11 Å². The number of allylic oxidation sites excluding steroid dienone is 5. The third-order valence-electron chi connectivity index (χ3n) is 4.44. The van der Waals surface area contributed by atoms with Crippen molar-refractivity contribution in [1.82, 2.24) is 5.01 Å². The lowest BCUT2D eigenvalue weighted by atomic mass is 9.87. The molecule has 0 radical (unpaired) electrons. The number of methoxy groups -OCH3 is 1. The maximum absolute atomic E-state index is 11.6. The minimum Gasteiger partial charge on any atom is -0.469 e. The first-order chi connectivity index (χ1) is 10.7. The Balaban J connectivity index is 1.84. The summed E-state index contributed by atoms with van der Waals surface area (Å²) in [5.41, 5.74) is 3.49. The van der Waals surface area contributed by atoms with E-state index >= 15 is 0 Å². The number of carbonyl (C=O) groups excluding carboxylic acids is 1. The van der Waals surface area contributed by atoms with Crippen molar-refractivity contribution in [3.63, 3.8) is 0 Å². The number of hydrazone groups is 1. The van der Waals surface area contributed by atoms with Gasteiger partial charge in [0.15, 0.2) is 0 Å². The third kappa shape index (κ3) is 2.91. The molecular formula is C18H22N2O2. The van der Waals surface area contributed by atoms with E-state index in [0.29, 0.717) is 12.3 Å². The molecule has 3 rings (SSSR count). The Bertz CT molecular complexity index is 611. The average Bonchev–Trinajstić information content (AvgIpc) is 2.84. The molecule has 1 heterocycles. The minimum atomic E-state index is -0.166. The van der Waals surface area contributed by atoms with Crippen molar-refractivity contribution in [1.29, 1.82) is 0 Å². The molecule has 2 aliphatic carbocycles. The molecule has 2 atom stereocenters. The van der Waals surface area contributed by atoms with Crippen LogP contribution in [-0.2, 0) is 9.53 Å². The normalized spacial score (nSPS) is 26.8. The van der Waals surface area contributed by atoms with Gasteiger partial charge in [-0.25, -0.2) is 0 Å². The molecule has 4 heteroatoms. The Hall–Kier alpha value is -2.10. The lowest BCUT2D eigenvalue weighted by Crippen LogP contribution is -2.30. The molecule has 0 aromatic carbocycles. The summed E-state index contributed by atoms with van der Waals surface area (Å²) in [6, 6.07) is 0.256. The number of hydrogen-bond donors (Lipinski definition) is 0. The van der Waals surface area contributed by atoms with Crippen molar-refractivity contribution >= 4 is 12.2 Å². The van der Waals surface area contributed by atoms with E-state index in [2.05, 4.69) is 47.4 Å². The zero-order chi connectivity index (χ0) is 15.5. The molecule has 3 aliphatic rings. The summed E-state index contributed by atoms with van der Waals surface area (Å²) in [6.07, 6.45) is 16.1. The summed E-state index contributed by atoms with van der Waals surface area (Å²) in [7, 11) is 1.44. The molecule has 0 spiro atoms. The van der Waals surface area contributed by atoms with Gasteiger partial charge in [0, 0.05) is 0 Å². The van der Waals surface area contributed by atoms with Crippen molar-refractivity contribution in [2.45, 2.75) is 38.6 Å². The second kappa shape index (κ2) is 6.34. The monoisotopic (exact) mass is 298 g/mol. The van der Waals surface area contributed by atoms with Gasteiger partial charge in [-0.2, -0.15) is 5.10 Å². The molecule has 1 aliphatic heterocycles.